The number of hydrogen-bond donors (Lipinski definition) is 0. The Morgan fingerprint density at radius 3 is 2.64 bits per heavy atom. The minimum absolute atomic E-state index is 0.138. The van der Waals surface area contributed by atoms with Crippen molar-refractivity contribution in [1.82, 2.24) is 9.80 Å². The van der Waals surface area contributed by atoms with Gasteiger partial charge in [-0.25, -0.2) is 0 Å². The SMILES string of the molecule is O=C1CCCN1CC[C@H]1CCCCN1C(=O)c1ccccc1N1CCOCC1. The third-order valence-electron chi connectivity index (χ3n) is 6.28. The van der Waals surface area contributed by atoms with Gasteiger partial charge in [0, 0.05) is 50.9 Å². The molecule has 4 rings (SSSR count). The first-order valence-electron chi connectivity index (χ1n) is 10.7. The van der Waals surface area contributed by atoms with Crippen molar-refractivity contribution in [3.05, 3.63) is 29.8 Å². The summed E-state index contributed by atoms with van der Waals surface area (Å²) in [5.74, 6) is 0.408. The number of anilines is 1. The average Bonchev–Trinajstić information content (AvgIpc) is 3.17. The molecule has 3 heterocycles. The molecule has 3 fully saturated rings. The fraction of sp³-hybridized carbons (Fsp3) is 0.636. The Morgan fingerprint density at radius 2 is 1.86 bits per heavy atom. The average molecular weight is 386 g/mol. The number of hydrogen-bond acceptors (Lipinski definition) is 4. The van der Waals surface area contributed by atoms with Crippen LogP contribution in [0.25, 0.3) is 0 Å². The normalized spacial score (nSPS) is 23.4. The Balaban J connectivity index is 1.48. The highest BCUT2D eigenvalue weighted by atomic mass is 16.5. The fourth-order valence-electron chi connectivity index (χ4n) is 4.70. The maximum absolute atomic E-state index is 13.5. The van der Waals surface area contributed by atoms with Crippen molar-refractivity contribution in [1.29, 1.82) is 0 Å². The number of morpholine rings is 1. The van der Waals surface area contributed by atoms with E-state index in [1.54, 1.807) is 0 Å². The van der Waals surface area contributed by atoms with Crippen molar-refractivity contribution in [2.24, 2.45) is 0 Å². The summed E-state index contributed by atoms with van der Waals surface area (Å²) >= 11 is 0. The third kappa shape index (κ3) is 4.17. The van der Waals surface area contributed by atoms with Gasteiger partial charge in [0.05, 0.1) is 18.8 Å². The van der Waals surface area contributed by atoms with E-state index in [1.807, 2.05) is 23.1 Å². The molecular weight excluding hydrogens is 354 g/mol. The van der Waals surface area contributed by atoms with E-state index < -0.39 is 0 Å². The van der Waals surface area contributed by atoms with Gasteiger partial charge in [-0.15, -0.1) is 0 Å². The number of likely N-dealkylation sites (tertiary alicyclic amines) is 2. The molecular formula is C22H31N3O3. The van der Waals surface area contributed by atoms with Gasteiger partial charge in [0.15, 0.2) is 0 Å². The van der Waals surface area contributed by atoms with Gasteiger partial charge in [-0.1, -0.05) is 12.1 Å². The summed E-state index contributed by atoms with van der Waals surface area (Å²) in [6.07, 6.45) is 5.79. The van der Waals surface area contributed by atoms with Gasteiger partial charge >= 0.3 is 0 Å². The zero-order valence-electron chi connectivity index (χ0n) is 16.6. The number of ether oxygens (including phenoxy) is 1. The molecule has 6 heteroatoms. The van der Waals surface area contributed by atoms with Gasteiger partial charge in [0.25, 0.3) is 5.91 Å². The Labute approximate surface area is 167 Å². The summed E-state index contributed by atoms with van der Waals surface area (Å²) in [6.45, 7) is 5.53. The van der Waals surface area contributed by atoms with Crippen LogP contribution >= 0.6 is 0 Å². The highest BCUT2D eigenvalue weighted by Crippen LogP contribution is 2.28. The molecule has 0 N–H and O–H groups in total. The van der Waals surface area contributed by atoms with E-state index in [2.05, 4.69) is 15.9 Å². The molecule has 0 aliphatic carbocycles. The first-order chi connectivity index (χ1) is 13.7. The first-order valence-corrected chi connectivity index (χ1v) is 10.7. The van der Waals surface area contributed by atoms with Crippen LogP contribution in [0.1, 0.15) is 48.9 Å². The Kier molecular flexibility index (Phi) is 6.15. The van der Waals surface area contributed by atoms with Crippen LogP contribution in [0, 0.1) is 0 Å². The third-order valence-corrected chi connectivity index (χ3v) is 6.28. The number of amides is 2. The number of nitrogens with zero attached hydrogens (tertiary/aromatic N) is 3. The quantitative estimate of drug-likeness (QED) is 0.782. The molecule has 6 nitrogen and oxygen atoms in total. The van der Waals surface area contributed by atoms with Crippen molar-refractivity contribution in [2.75, 3.05) is 50.8 Å². The first kappa shape index (κ1) is 19.2. The second-order valence-corrected chi connectivity index (χ2v) is 8.04. The molecule has 2 amide bonds. The molecule has 1 aromatic rings. The van der Waals surface area contributed by atoms with Crippen molar-refractivity contribution in [2.45, 2.75) is 44.6 Å². The maximum Gasteiger partial charge on any atom is 0.256 e. The number of para-hydroxylation sites is 1. The predicted molar refractivity (Wildman–Crippen MR) is 109 cm³/mol. The minimum Gasteiger partial charge on any atom is -0.378 e. The lowest BCUT2D eigenvalue weighted by Gasteiger charge is -2.38. The van der Waals surface area contributed by atoms with Gasteiger partial charge in [-0.3, -0.25) is 9.59 Å². The smallest absolute Gasteiger partial charge is 0.256 e. The lowest BCUT2D eigenvalue weighted by Crippen LogP contribution is -2.46. The van der Waals surface area contributed by atoms with E-state index in [0.717, 1.165) is 76.1 Å². The van der Waals surface area contributed by atoms with Gasteiger partial charge in [-0.05, 0) is 44.2 Å². The minimum atomic E-state index is 0.138. The molecule has 0 radical (unpaired) electrons. The van der Waals surface area contributed by atoms with Crippen molar-refractivity contribution < 1.29 is 14.3 Å². The van der Waals surface area contributed by atoms with Crippen molar-refractivity contribution in [3.8, 4) is 0 Å². The topological polar surface area (TPSA) is 53.1 Å². The number of piperidine rings is 1. The van der Waals surface area contributed by atoms with Crippen LogP contribution < -0.4 is 4.90 Å². The summed E-state index contributed by atoms with van der Waals surface area (Å²) in [6, 6.07) is 8.21. The van der Waals surface area contributed by atoms with Crippen LogP contribution in [-0.4, -0.2) is 73.6 Å². The molecule has 1 atom stereocenters. The molecule has 152 valence electrons. The molecule has 0 aromatic heterocycles. The van der Waals surface area contributed by atoms with Gasteiger partial charge in [-0.2, -0.15) is 0 Å². The molecule has 0 bridgehead atoms. The van der Waals surface area contributed by atoms with Crippen LogP contribution in [0.5, 0.6) is 0 Å². The second-order valence-electron chi connectivity index (χ2n) is 8.04. The molecule has 3 aliphatic heterocycles. The highest BCUT2D eigenvalue weighted by Gasteiger charge is 2.31. The number of carbonyl (C=O) groups excluding carboxylic acids is 2. The number of carbonyl (C=O) groups is 2. The number of benzene rings is 1. The lowest BCUT2D eigenvalue weighted by atomic mass is 9.97. The maximum atomic E-state index is 13.5. The lowest BCUT2D eigenvalue weighted by molar-refractivity contribution is -0.127. The summed E-state index contributed by atoms with van der Waals surface area (Å²) in [5, 5.41) is 0. The van der Waals surface area contributed by atoms with Crippen LogP contribution in [0.2, 0.25) is 0 Å². The molecule has 0 saturated carbocycles. The van der Waals surface area contributed by atoms with Gasteiger partial charge in [0.2, 0.25) is 5.91 Å². The monoisotopic (exact) mass is 385 g/mol. The molecule has 28 heavy (non-hydrogen) atoms. The fourth-order valence-corrected chi connectivity index (χ4v) is 4.70. The van der Waals surface area contributed by atoms with E-state index in [-0.39, 0.29) is 17.9 Å². The largest absolute Gasteiger partial charge is 0.378 e. The molecule has 1 aromatic carbocycles. The molecule has 0 spiro atoms. The molecule has 3 saturated heterocycles. The van der Waals surface area contributed by atoms with Crippen LogP contribution in [0.4, 0.5) is 5.69 Å². The Morgan fingerprint density at radius 1 is 1.04 bits per heavy atom. The summed E-state index contributed by atoms with van der Waals surface area (Å²) in [4.78, 5) is 31.8. The Hall–Kier alpha value is -2.08. The van der Waals surface area contributed by atoms with E-state index in [1.165, 1.54) is 0 Å². The number of rotatable bonds is 5. The van der Waals surface area contributed by atoms with E-state index in [9.17, 15) is 9.59 Å². The van der Waals surface area contributed by atoms with E-state index in [4.69, 9.17) is 4.74 Å². The van der Waals surface area contributed by atoms with Crippen LogP contribution in [-0.2, 0) is 9.53 Å². The Bertz CT molecular complexity index is 702. The predicted octanol–water partition coefficient (Wildman–Crippen LogP) is 2.53. The molecule has 3 aliphatic rings. The van der Waals surface area contributed by atoms with E-state index >= 15 is 0 Å². The summed E-state index contributed by atoms with van der Waals surface area (Å²) < 4.78 is 5.48. The van der Waals surface area contributed by atoms with Gasteiger partial charge < -0.3 is 19.4 Å². The van der Waals surface area contributed by atoms with Crippen molar-refractivity contribution in [3.63, 3.8) is 0 Å². The zero-order valence-corrected chi connectivity index (χ0v) is 16.6. The second kappa shape index (κ2) is 8.95. The van der Waals surface area contributed by atoms with Gasteiger partial charge in [0.1, 0.15) is 0 Å². The standard InChI is InChI=1S/C22H31N3O3/c26-21-9-5-11-24(21)13-10-18-6-3-4-12-25(18)22(27)19-7-1-2-8-20(19)23-14-16-28-17-15-23/h1-2,7-8,18H,3-6,9-17H2/t18-/m1/s1. The highest BCUT2D eigenvalue weighted by molar-refractivity contribution is 6.00. The van der Waals surface area contributed by atoms with Crippen molar-refractivity contribution >= 4 is 17.5 Å². The zero-order chi connectivity index (χ0) is 19.3. The summed E-state index contributed by atoms with van der Waals surface area (Å²) in [7, 11) is 0. The van der Waals surface area contributed by atoms with Crippen LogP contribution in [0.15, 0.2) is 24.3 Å². The summed E-state index contributed by atoms with van der Waals surface area (Å²) in [5.41, 5.74) is 1.82. The van der Waals surface area contributed by atoms with Crippen LogP contribution in [0.3, 0.4) is 0 Å². The van der Waals surface area contributed by atoms with E-state index in [0.29, 0.717) is 19.6 Å². The molecule has 0 unspecified atom stereocenters.